The van der Waals surface area contributed by atoms with Crippen LogP contribution in [-0.2, 0) is 16.0 Å². The number of ether oxygens (including phenoxy) is 2. The summed E-state index contributed by atoms with van der Waals surface area (Å²) in [5.74, 6) is -1.21. The van der Waals surface area contributed by atoms with Gasteiger partial charge in [-0.3, -0.25) is 4.79 Å². The number of carbonyl (C=O) groups is 2. The summed E-state index contributed by atoms with van der Waals surface area (Å²) in [6, 6.07) is 3.75. The molecule has 0 radical (unpaired) electrons. The molecule has 0 aliphatic rings. The molecule has 1 N–H and O–H groups in total. The largest absolute Gasteiger partial charge is 0.462 e. The van der Waals surface area contributed by atoms with Gasteiger partial charge in [-0.1, -0.05) is 0 Å². The van der Waals surface area contributed by atoms with E-state index in [0.29, 0.717) is 25.0 Å². The molecule has 0 fully saturated rings. The van der Waals surface area contributed by atoms with E-state index in [9.17, 15) is 18.8 Å². The molecule has 1 amide bonds. The number of pyridine rings is 1. The van der Waals surface area contributed by atoms with E-state index < -0.39 is 23.3 Å². The Labute approximate surface area is 143 Å². The molecule has 0 saturated carbocycles. The van der Waals surface area contributed by atoms with Crippen molar-refractivity contribution in [2.75, 3.05) is 20.3 Å². The fraction of sp³-hybridized carbons (Fsp3) is 0.353. The van der Waals surface area contributed by atoms with Crippen molar-refractivity contribution in [2.45, 2.75) is 19.9 Å². The van der Waals surface area contributed by atoms with Crippen LogP contribution in [-0.4, -0.2) is 36.9 Å². The number of hydrogen-bond acceptors (Lipinski definition) is 5. The second-order valence-electron chi connectivity index (χ2n) is 5.22. The number of halogens is 1. The lowest BCUT2D eigenvalue weighted by Gasteiger charge is -2.13. The summed E-state index contributed by atoms with van der Waals surface area (Å²) in [7, 11) is 1.26. The summed E-state index contributed by atoms with van der Waals surface area (Å²) < 4.78 is 24.6. The van der Waals surface area contributed by atoms with Crippen molar-refractivity contribution in [1.82, 2.24) is 9.88 Å². The topological polar surface area (TPSA) is 86.6 Å². The summed E-state index contributed by atoms with van der Waals surface area (Å²) >= 11 is 0. The number of aryl methyl sites for hydroxylation is 1. The molecule has 0 spiro atoms. The van der Waals surface area contributed by atoms with E-state index in [-0.39, 0.29) is 17.6 Å². The first-order chi connectivity index (χ1) is 12.0. The molecule has 0 saturated heterocycles. The molecule has 1 aromatic heterocycles. The second kappa shape index (κ2) is 8.27. The zero-order valence-corrected chi connectivity index (χ0v) is 14.0. The van der Waals surface area contributed by atoms with E-state index in [1.165, 1.54) is 31.5 Å². The van der Waals surface area contributed by atoms with E-state index in [2.05, 4.69) is 10.1 Å². The van der Waals surface area contributed by atoms with E-state index in [1.54, 1.807) is 11.5 Å². The summed E-state index contributed by atoms with van der Waals surface area (Å²) in [4.78, 5) is 35.5. The highest BCUT2D eigenvalue weighted by atomic mass is 19.1. The van der Waals surface area contributed by atoms with Crippen LogP contribution < -0.4 is 10.7 Å². The standard InChI is InChI=1S/C17H19FN2O5/c1-3-25-16(22)13-10-20(8-4-7-19-17(23)24-2)14-9-11(18)5-6-12(14)15(13)21/h5-6,9-10H,3-4,7-8H2,1-2H3,(H,19,23). The third-order valence-corrected chi connectivity index (χ3v) is 3.57. The van der Waals surface area contributed by atoms with Crippen molar-refractivity contribution in [3.8, 4) is 0 Å². The van der Waals surface area contributed by atoms with Crippen LogP contribution in [0.2, 0.25) is 0 Å². The molecule has 0 unspecified atom stereocenters. The van der Waals surface area contributed by atoms with Gasteiger partial charge in [0.05, 0.1) is 19.2 Å². The number of hydrogen-bond donors (Lipinski definition) is 1. The molecule has 25 heavy (non-hydrogen) atoms. The molecule has 0 bridgehead atoms. The number of methoxy groups -OCH3 is 1. The quantitative estimate of drug-likeness (QED) is 0.637. The Morgan fingerprint density at radius 2 is 2.08 bits per heavy atom. The first kappa shape index (κ1) is 18.4. The monoisotopic (exact) mass is 350 g/mol. The minimum absolute atomic E-state index is 0.109. The highest BCUT2D eigenvalue weighted by Crippen LogP contribution is 2.15. The summed E-state index contributed by atoms with van der Waals surface area (Å²) in [6.45, 7) is 2.47. The number of amides is 1. The van der Waals surface area contributed by atoms with E-state index in [4.69, 9.17) is 4.74 Å². The maximum atomic E-state index is 13.6. The smallest absolute Gasteiger partial charge is 0.406 e. The number of fused-ring (bicyclic) bond motifs is 1. The van der Waals surface area contributed by atoms with Gasteiger partial charge in [0.25, 0.3) is 0 Å². The van der Waals surface area contributed by atoms with Gasteiger partial charge in [0.2, 0.25) is 5.43 Å². The number of rotatable bonds is 6. The van der Waals surface area contributed by atoms with Crippen LogP contribution in [0.1, 0.15) is 23.7 Å². The Balaban J connectivity index is 2.37. The zero-order chi connectivity index (χ0) is 18.4. The second-order valence-corrected chi connectivity index (χ2v) is 5.22. The Morgan fingerprint density at radius 3 is 2.76 bits per heavy atom. The Bertz CT molecular complexity index is 847. The van der Waals surface area contributed by atoms with Crippen LogP contribution >= 0.6 is 0 Å². The molecule has 2 rings (SSSR count). The lowest BCUT2D eigenvalue weighted by molar-refractivity contribution is 0.0524. The fourth-order valence-electron chi connectivity index (χ4n) is 2.41. The van der Waals surface area contributed by atoms with Crippen molar-refractivity contribution in [2.24, 2.45) is 0 Å². The predicted octanol–water partition coefficient (Wildman–Crippen LogP) is 2.06. The van der Waals surface area contributed by atoms with Crippen LogP contribution in [0, 0.1) is 5.82 Å². The number of benzene rings is 1. The first-order valence-corrected chi connectivity index (χ1v) is 7.79. The van der Waals surface area contributed by atoms with Crippen molar-refractivity contribution >= 4 is 23.0 Å². The van der Waals surface area contributed by atoms with Crippen molar-refractivity contribution in [3.63, 3.8) is 0 Å². The van der Waals surface area contributed by atoms with Crippen LogP contribution in [0.4, 0.5) is 9.18 Å². The van der Waals surface area contributed by atoms with Crippen molar-refractivity contribution in [3.05, 3.63) is 46.0 Å². The number of carbonyl (C=O) groups excluding carboxylic acids is 2. The van der Waals surface area contributed by atoms with Crippen molar-refractivity contribution < 1.29 is 23.5 Å². The maximum absolute atomic E-state index is 13.6. The lowest BCUT2D eigenvalue weighted by Crippen LogP contribution is -2.25. The Morgan fingerprint density at radius 1 is 1.32 bits per heavy atom. The molecule has 2 aromatic rings. The third kappa shape index (κ3) is 4.34. The maximum Gasteiger partial charge on any atom is 0.406 e. The number of alkyl carbamates (subject to hydrolysis) is 1. The average molecular weight is 350 g/mol. The van der Waals surface area contributed by atoms with E-state index >= 15 is 0 Å². The fourth-order valence-corrected chi connectivity index (χ4v) is 2.41. The van der Waals surface area contributed by atoms with Gasteiger partial charge in [0.1, 0.15) is 11.4 Å². The van der Waals surface area contributed by atoms with Gasteiger partial charge in [-0.25, -0.2) is 14.0 Å². The van der Waals surface area contributed by atoms with Crippen LogP contribution in [0.3, 0.4) is 0 Å². The minimum atomic E-state index is -0.722. The molecular weight excluding hydrogens is 331 g/mol. The molecule has 0 atom stereocenters. The van der Waals surface area contributed by atoms with Crippen LogP contribution in [0.25, 0.3) is 10.9 Å². The molecule has 0 aliphatic carbocycles. The van der Waals surface area contributed by atoms with Gasteiger partial charge >= 0.3 is 12.1 Å². The average Bonchev–Trinajstić information content (AvgIpc) is 2.60. The first-order valence-electron chi connectivity index (χ1n) is 7.79. The highest BCUT2D eigenvalue weighted by molar-refractivity contribution is 5.93. The zero-order valence-electron chi connectivity index (χ0n) is 14.0. The SMILES string of the molecule is CCOC(=O)c1cn(CCCNC(=O)OC)c2cc(F)ccc2c1=O. The lowest BCUT2D eigenvalue weighted by atomic mass is 10.1. The molecule has 0 aliphatic heterocycles. The molecular formula is C17H19FN2O5. The molecule has 1 heterocycles. The molecule has 8 heteroatoms. The molecule has 7 nitrogen and oxygen atoms in total. The predicted molar refractivity (Wildman–Crippen MR) is 89.1 cm³/mol. The summed E-state index contributed by atoms with van der Waals surface area (Å²) in [6.07, 6.45) is 1.30. The number of nitrogens with zero attached hydrogens (tertiary/aromatic N) is 1. The molecule has 1 aromatic carbocycles. The third-order valence-electron chi connectivity index (χ3n) is 3.57. The minimum Gasteiger partial charge on any atom is -0.462 e. The Kier molecular flexibility index (Phi) is 6.10. The summed E-state index contributed by atoms with van der Waals surface area (Å²) in [5.41, 5.74) is -0.240. The van der Waals surface area contributed by atoms with Gasteiger partial charge in [-0.15, -0.1) is 0 Å². The van der Waals surface area contributed by atoms with E-state index in [0.717, 1.165) is 0 Å². The number of esters is 1. The van der Waals surface area contributed by atoms with Gasteiger partial charge in [-0.05, 0) is 31.5 Å². The van der Waals surface area contributed by atoms with Gasteiger partial charge in [0.15, 0.2) is 0 Å². The van der Waals surface area contributed by atoms with E-state index in [1.807, 2.05) is 0 Å². The van der Waals surface area contributed by atoms with Gasteiger partial charge in [-0.2, -0.15) is 0 Å². The van der Waals surface area contributed by atoms with Crippen molar-refractivity contribution in [1.29, 1.82) is 0 Å². The molecule has 134 valence electrons. The number of nitrogens with one attached hydrogen (secondary N) is 1. The Hall–Kier alpha value is -2.90. The van der Waals surface area contributed by atoms with Gasteiger partial charge < -0.3 is 19.4 Å². The summed E-state index contributed by atoms with van der Waals surface area (Å²) in [5, 5.41) is 2.76. The number of aromatic nitrogens is 1. The van der Waals surface area contributed by atoms with Gasteiger partial charge in [0, 0.05) is 24.7 Å². The highest BCUT2D eigenvalue weighted by Gasteiger charge is 2.16. The normalized spacial score (nSPS) is 10.5. The van der Waals surface area contributed by atoms with Crippen LogP contribution in [0.5, 0.6) is 0 Å². The van der Waals surface area contributed by atoms with Crippen LogP contribution in [0.15, 0.2) is 29.2 Å².